The molecule has 0 unspecified atom stereocenters. The Morgan fingerprint density at radius 3 is 2.50 bits per heavy atom. The second-order valence-corrected chi connectivity index (χ2v) is 6.96. The Morgan fingerprint density at radius 1 is 1.14 bits per heavy atom. The van der Waals surface area contributed by atoms with Crippen LogP contribution in [0.1, 0.15) is 44.9 Å². The molecule has 124 valence electrons. The smallest absolute Gasteiger partial charge is 0.138 e. The van der Waals surface area contributed by atoms with Gasteiger partial charge in [-0.15, -0.1) is 0 Å². The van der Waals surface area contributed by atoms with E-state index in [4.69, 9.17) is 27.9 Å². The van der Waals surface area contributed by atoms with E-state index >= 15 is 0 Å². The van der Waals surface area contributed by atoms with Crippen LogP contribution in [-0.2, 0) is 0 Å². The molecule has 0 saturated heterocycles. The molecule has 1 aromatic rings. The second kappa shape index (κ2) is 9.61. The van der Waals surface area contributed by atoms with Gasteiger partial charge in [-0.2, -0.15) is 0 Å². The first-order valence-electron chi connectivity index (χ1n) is 8.24. The van der Waals surface area contributed by atoms with E-state index in [0.717, 1.165) is 0 Å². The Hall–Kier alpha value is -0.480. The third kappa shape index (κ3) is 6.33. The Kier molecular flexibility index (Phi) is 7.81. The zero-order valence-electron chi connectivity index (χ0n) is 12.9. The van der Waals surface area contributed by atoms with Crippen molar-refractivity contribution in [2.45, 2.75) is 57.1 Å². The fourth-order valence-electron chi connectivity index (χ4n) is 2.92. The van der Waals surface area contributed by atoms with Crippen LogP contribution in [0.3, 0.4) is 0 Å². The Labute approximate surface area is 143 Å². The van der Waals surface area contributed by atoms with E-state index in [1.165, 1.54) is 44.9 Å². The normalized spacial score (nSPS) is 18.5. The summed E-state index contributed by atoms with van der Waals surface area (Å²) >= 11 is 11.9. The number of ether oxygens (including phenoxy) is 1. The monoisotopic (exact) mass is 346 g/mol. The lowest BCUT2D eigenvalue weighted by molar-refractivity contribution is -0.696. The number of hydrogen-bond donors (Lipinski definition) is 2. The molecule has 22 heavy (non-hydrogen) atoms. The van der Waals surface area contributed by atoms with E-state index in [0.29, 0.717) is 28.4 Å². The van der Waals surface area contributed by atoms with Crippen LogP contribution < -0.4 is 10.1 Å². The van der Waals surface area contributed by atoms with Gasteiger partial charge in [0.05, 0.1) is 11.1 Å². The van der Waals surface area contributed by atoms with Crippen molar-refractivity contribution >= 4 is 23.2 Å². The molecule has 0 bridgehead atoms. The maximum Gasteiger partial charge on any atom is 0.138 e. The number of quaternary nitrogens is 1. The van der Waals surface area contributed by atoms with Crippen molar-refractivity contribution in [2.75, 3.05) is 13.2 Å². The molecular formula is C17H26Cl2NO2+. The molecule has 0 radical (unpaired) electrons. The van der Waals surface area contributed by atoms with E-state index in [2.05, 4.69) is 5.32 Å². The standard InChI is InChI=1S/C17H25Cl2NO2/c18-13-8-9-17(16(19)10-13)22-12-15(21)11-20-14-6-4-2-1-3-5-7-14/h8-10,14-15,20-21H,1-7,11-12H2/p+1/t15-/m0/s1. The fraction of sp³-hybridized carbons (Fsp3) is 0.647. The predicted molar refractivity (Wildman–Crippen MR) is 90.9 cm³/mol. The highest BCUT2D eigenvalue weighted by atomic mass is 35.5. The van der Waals surface area contributed by atoms with Crippen LogP contribution in [0.15, 0.2) is 18.2 Å². The largest absolute Gasteiger partial charge is 0.489 e. The van der Waals surface area contributed by atoms with Crippen LogP contribution in [0.2, 0.25) is 10.0 Å². The molecule has 2 rings (SSSR count). The number of rotatable bonds is 6. The van der Waals surface area contributed by atoms with Gasteiger partial charge in [-0.1, -0.05) is 42.5 Å². The van der Waals surface area contributed by atoms with Crippen LogP contribution in [0, 0.1) is 0 Å². The SMILES string of the molecule is O[C@@H](C[NH2+]C1CCCCCCC1)COc1ccc(Cl)cc1Cl. The molecule has 0 aliphatic heterocycles. The van der Waals surface area contributed by atoms with Gasteiger partial charge >= 0.3 is 0 Å². The third-order valence-electron chi connectivity index (χ3n) is 4.22. The van der Waals surface area contributed by atoms with Gasteiger partial charge < -0.3 is 15.2 Å². The number of benzene rings is 1. The molecular weight excluding hydrogens is 321 g/mol. The summed E-state index contributed by atoms with van der Waals surface area (Å²) in [5, 5.41) is 13.4. The van der Waals surface area contributed by atoms with Crippen molar-refractivity contribution in [3.05, 3.63) is 28.2 Å². The lowest BCUT2D eigenvalue weighted by atomic mass is 9.96. The van der Waals surface area contributed by atoms with E-state index in [1.54, 1.807) is 18.2 Å². The molecule has 1 aliphatic rings. The van der Waals surface area contributed by atoms with Crippen molar-refractivity contribution in [1.29, 1.82) is 0 Å². The number of hydrogen-bond acceptors (Lipinski definition) is 2. The summed E-state index contributed by atoms with van der Waals surface area (Å²) in [5.41, 5.74) is 0. The van der Waals surface area contributed by atoms with Crippen molar-refractivity contribution in [3.8, 4) is 5.75 Å². The van der Waals surface area contributed by atoms with Crippen LogP contribution in [0.5, 0.6) is 5.75 Å². The fourth-order valence-corrected chi connectivity index (χ4v) is 3.38. The van der Waals surface area contributed by atoms with Gasteiger partial charge in [0.1, 0.15) is 25.0 Å². The summed E-state index contributed by atoms with van der Waals surface area (Å²) in [7, 11) is 0. The summed E-state index contributed by atoms with van der Waals surface area (Å²) < 4.78 is 5.58. The first-order chi connectivity index (χ1) is 10.6. The van der Waals surface area contributed by atoms with Crippen molar-refractivity contribution < 1.29 is 15.2 Å². The van der Waals surface area contributed by atoms with Gasteiger partial charge in [0.15, 0.2) is 0 Å². The molecule has 3 N–H and O–H groups in total. The summed E-state index contributed by atoms with van der Waals surface area (Å²) in [6.45, 7) is 0.931. The Balaban J connectivity index is 1.69. The van der Waals surface area contributed by atoms with E-state index < -0.39 is 6.10 Å². The lowest BCUT2D eigenvalue weighted by Crippen LogP contribution is -2.92. The molecule has 0 heterocycles. The molecule has 3 nitrogen and oxygen atoms in total. The van der Waals surface area contributed by atoms with Gasteiger partial charge in [-0.25, -0.2) is 0 Å². The van der Waals surface area contributed by atoms with Gasteiger partial charge in [0.2, 0.25) is 0 Å². The zero-order valence-corrected chi connectivity index (χ0v) is 14.5. The molecule has 0 aromatic heterocycles. The van der Waals surface area contributed by atoms with E-state index in [1.807, 2.05) is 0 Å². The molecule has 1 fully saturated rings. The van der Waals surface area contributed by atoms with Gasteiger partial charge in [0.25, 0.3) is 0 Å². The first-order valence-corrected chi connectivity index (χ1v) is 9.00. The molecule has 5 heteroatoms. The second-order valence-electron chi connectivity index (χ2n) is 6.12. The number of nitrogens with two attached hydrogens (primary N) is 1. The van der Waals surface area contributed by atoms with Crippen molar-refractivity contribution in [1.82, 2.24) is 0 Å². The van der Waals surface area contributed by atoms with Gasteiger partial charge in [0, 0.05) is 5.02 Å². The first kappa shape index (κ1) is 17.9. The zero-order chi connectivity index (χ0) is 15.8. The average molecular weight is 347 g/mol. The maximum atomic E-state index is 10.1. The highest BCUT2D eigenvalue weighted by Gasteiger charge is 2.16. The van der Waals surface area contributed by atoms with Crippen molar-refractivity contribution in [3.63, 3.8) is 0 Å². The predicted octanol–water partition coefficient (Wildman–Crippen LogP) is 3.41. The molecule has 1 aliphatic carbocycles. The molecule has 1 aromatic carbocycles. The molecule has 1 atom stereocenters. The Bertz CT molecular complexity index is 448. The van der Waals surface area contributed by atoms with Crippen molar-refractivity contribution in [2.24, 2.45) is 0 Å². The third-order valence-corrected chi connectivity index (χ3v) is 4.75. The van der Waals surface area contributed by atoms with Gasteiger partial charge in [-0.3, -0.25) is 0 Å². The molecule has 0 amide bonds. The van der Waals surface area contributed by atoms with Gasteiger partial charge in [-0.05, 0) is 43.9 Å². The highest BCUT2D eigenvalue weighted by Crippen LogP contribution is 2.27. The van der Waals surface area contributed by atoms with Crippen LogP contribution >= 0.6 is 23.2 Å². The number of halogens is 2. The summed E-state index contributed by atoms with van der Waals surface area (Å²) in [6, 6.07) is 5.76. The minimum absolute atomic E-state index is 0.255. The van der Waals surface area contributed by atoms with Crippen LogP contribution in [-0.4, -0.2) is 30.4 Å². The summed E-state index contributed by atoms with van der Waals surface area (Å²) in [5.74, 6) is 0.566. The molecule has 0 spiro atoms. The van der Waals surface area contributed by atoms with Crippen LogP contribution in [0.25, 0.3) is 0 Å². The highest BCUT2D eigenvalue weighted by molar-refractivity contribution is 6.35. The minimum Gasteiger partial charge on any atom is -0.489 e. The quantitative estimate of drug-likeness (QED) is 0.828. The maximum absolute atomic E-state index is 10.1. The van der Waals surface area contributed by atoms with Crippen LogP contribution in [0.4, 0.5) is 0 Å². The topological polar surface area (TPSA) is 46.1 Å². The Morgan fingerprint density at radius 2 is 1.82 bits per heavy atom. The average Bonchev–Trinajstić information content (AvgIpc) is 2.45. The number of aliphatic hydroxyl groups excluding tert-OH is 1. The van der Waals surface area contributed by atoms with E-state index in [9.17, 15) is 5.11 Å². The molecule has 1 saturated carbocycles. The minimum atomic E-state index is -0.489. The number of aliphatic hydroxyl groups is 1. The lowest BCUT2D eigenvalue weighted by Gasteiger charge is -2.20. The summed E-state index contributed by atoms with van der Waals surface area (Å²) in [4.78, 5) is 0. The summed E-state index contributed by atoms with van der Waals surface area (Å²) in [6.07, 6.45) is 8.74. The van der Waals surface area contributed by atoms with E-state index in [-0.39, 0.29) is 6.61 Å².